The second kappa shape index (κ2) is 11.1. The molecule has 9 nitrogen and oxygen atoms in total. The van der Waals surface area contributed by atoms with E-state index < -0.39 is 0 Å². The Balaban J connectivity index is 1.58. The van der Waals surface area contributed by atoms with Crippen molar-refractivity contribution >= 4 is 18.2 Å². The van der Waals surface area contributed by atoms with Crippen LogP contribution in [-0.4, -0.2) is 58.5 Å². The highest BCUT2D eigenvalue weighted by atomic mass is 16.5. The van der Waals surface area contributed by atoms with E-state index in [4.69, 9.17) is 10.5 Å². The fourth-order valence-electron chi connectivity index (χ4n) is 3.53. The number of nitrogens with one attached hydrogen (secondary N) is 2. The first-order valence-corrected chi connectivity index (χ1v) is 11.5. The molecule has 0 radical (unpaired) electrons. The van der Waals surface area contributed by atoms with Gasteiger partial charge in [0.2, 0.25) is 5.95 Å². The van der Waals surface area contributed by atoms with Gasteiger partial charge in [0, 0.05) is 37.3 Å². The average molecular weight is 466 g/mol. The van der Waals surface area contributed by atoms with Gasteiger partial charge >= 0.3 is 6.03 Å². The fourth-order valence-corrected chi connectivity index (χ4v) is 3.53. The summed E-state index contributed by atoms with van der Waals surface area (Å²) in [5.74, 6) is 0.439. The van der Waals surface area contributed by atoms with Crippen LogP contribution in [0, 0.1) is 6.92 Å². The van der Waals surface area contributed by atoms with Crippen LogP contribution < -0.4 is 16.4 Å². The van der Waals surface area contributed by atoms with E-state index >= 15 is 0 Å². The van der Waals surface area contributed by atoms with E-state index in [1.165, 1.54) is 6.20 Å². The fraction of sp³-hybridized carbons (Fsp3) is 0.440. The zero-order chi connectivity index (χ0) is 24.7. The van der Waals surface area contributed by atoms with Crippen molar-refractivity contribution in [1.82, 2.24) is 20.2 Å². The number of urea groups is 1. The number of aliphatic imine (C=N–C) groups is 1. The van der Waals surface area contributed by atoms with Gasteiger partial charge in [0.15, 0.2) is 0 Å². The average Bonchev–Trinajstić information content (AvgIpc) is 2.77. The van der Waals surface area contributed by atoms with Gasteiger partial charge in [0.05, 0.1) is 36.2 Å². The Labute approximate surface area is 201 Å². The summed E-state index contributed by atoms with van der Waals surface area (Å²) < 4.78 is 5.89. The van der Waals surface area contributed by atoms with E-state index in [2.05, 4.69) is 31.7 Å². The molecule has 9 heteroatoms. The predicted octanol–water partition coefficient (Wildman–Crippen LogP) is 3.46. The number of anilines is 1. The summed E-state index contributed by atoms with van der Waals surface area (Å²) in [6.07, 6.45) is 4.89. The maximum absolute atomic E-state index is 12.4. The normalized spacial score (nSPS) is 14.9. The molecule has 4 N–H and O–H groups in total. The maximum Gasteiger partial charge on any atom is 0.317 e. The number of aryl methyl sites for hydroxylation is 1. The molecule has 0 aliphatic carbocycles. The van der Waals surface area contributed by atoms with Crippen molar-refractivity contribution < 1.29 is 9.53 Å². The van der Waals surface area contributed by atoms with Gasteiger partial charge in [-0.1, -0.05) is 12.1 Å². The van der Waals surface area contributed by atoms with Crippen molar-refractivity contribution in [3.05, 3.63) is 53.5 Å². The second-order valence-corrected chi connectivity index (χ2v) is 9.20. The van der Waals surface area contributed by atoms with Crippen LogP contribution in [0.2, 0.25) is 0 Å². The van der Waals surface area contributed by atoms with Gasteiger partial charge < -0.3 is 26.0 Å². The molecule has 2 heterocycles. The Kier molecular flexibility index (Phi) is 8.22. The third-order valence-corrected chi connectivity index (χ3v) is 5.23. The summed E-state index contributed by atoms with van der Waals surface area (Å²) in [6, 6.07) is 7.85. The zero-order valence-corrected chi connectivity index (χ0v) is 20.6. The molecule has 2 amide bonds. The topological polar surface area (TPSA) is 118 Å². The highest BCUT2D eigenvalue weighted by Gasteiger charge is 2.33. The molecule has 1 saturated heterocycles. The minimum absolute atomic E-state index is 0.0703. The van der Waals surface area contributed by atoms with E-state index in [0.717, 1.165) is 22.4 Å². The van der Waals surface area contributed by atoms with Crippen LogP contribution in [0.5, 0.6) is 0 Å². The molecule has 182 valence electrons. The Morgan fingerprint density at radius 2 is 2.09 bits per heavy atom. The van der Waals surface area contributed by atoms with Gasteiger partial charge in [-0.3, -0.25) is 4.99 Å². The van der Waals surface area contributed by atoms with Crippen LogP contribution in [0.25, 0.3) is 11.3 Å². The number of ether oxygens (including phenoxy) is 1. The number of amides is 2. The number of likely N-dealkylation sites (tertiary alicyclic amines) is 1. The van der Waals surface area contributed by atoms with Crippen molar-refractivity contribution in [2.75, 3.05) is 25.0 Å². The SMILES string of the molecule is CCN=CC(=CN)Nc1nccc(-c2ccc(CNC(=O)N3CC(OC(C)(C)C)C3)c(C)c2)n1. The van der Waals surface area contributed by atoms with E-state index in [-0.39, 0.29) is 17.7 Å². The number of aromatic nitrogens is 2. The smallest absolute Gasteiger partial charge is 0.317 e. The van der Waals surface area contributed by atoms with Gasteiger partial charge in [-0.15, -0.1) is 0 Å². The number of nitrogens with two attached hydrogens (primary N) is 1. The van der Waals surface area contributed by atoms with E-state index in [0.29, 0.717) is 37.8 Å². The highest BCUT2D eigenvalue weighted by Crippen LogP contribution is 2.22. The lowest BCUT2D eigenvalue weighted by atomic mass is 10.0. The molecular formula is C25H35N7O2. The number of hydrogen-bond donors (Lipinski definition) is 3. The van der Waals surface area contributed by atoms with Crippen LogP contribution >= 0.6 is 0 Å². The van der Waals surface area contributed by atoms with Crippen molar-refractivity contribution in [3.63, 3.8) is 0 Å². The quantitative estimate of drug-likeness (QED) is 0.514. The molecule has 1 aliphatic rings. The van der Waals surface area contributed by atoms with Crippen molar-refractivity contribution in [2.45, 2.75) is 52.9 Å². The van der Waals surface area contributed by atoms with Gasteiger partial charge in [0.1, 0.15) is 0 Å². The lowest BCUT2D eigenvalue weighted by Gasteiger charge is -2.41. The standard InChI is InChI=1S/C25H35N7O2/c1-6-27-14-20(12-26)30-23-28-10-9-22(31-23)18-7-8-19(17(2)11-18)13-29-24(33)32-15-21(16-32)34-25(3,4)5/h7-12,14,21H,6,13,15-16,26H2,1-5H3,(H,29,33)(H,28,30,31). The minimum atomic E-state index is -0.195. The molecule has 1 aromatic heterocycles. The van der Waals surface area contributed by atoms with Crippen LogP contribution in [0.3, 0.4) is 0 Å². The number of benzene rings is 1. The van der Waals surface area contributed by atoms with Gasteiger partial charge in [-0.25, -0.2) is 14.8 Å². The van der Waals surface area contributed by atoms with Crippen molar-refractivity contribution in [1.29, 1.82) is 0 Å². The van der Waals surface area contributed by atoms with Crippen LogP contribution in [0.1, 0.15) is 38.8 Å². The second-order valence-electron chi connectivity index (χ2n) is 9.20. The van der Waals surface area contributed by atoms with Gasteiger partial charge in [0.25, 0.3) is 0 Å². The monoisotopic (exact) mass is 465 g/mol. The molecule has 3 rings (SSSR count). The van der Waals surface area contributed by atoms with Crippen LogP contribution in [0.15, 0.2) is 47.4 Å². The molecule has 0 saturated carbocycles. The lowest BCUT2D eigenvalue weighted by Crippen LogP contribution is -2.59. The Hall–Kier alpha value is -3.46. The third kappa shape index (κ3) is 7.02. The molecule has 1 fully saturated rings. The van der Waals surface area contributed by atoms with E-state index in [1.807, 2.05) is 52.8 Å². The summed E-state index contributed by atoms with van der Waals surface area (Å²) in [4.78, 5) is 27.2. The highest BCUT2D eigenvalue weighted by molar-refractivity contribution is 5.82. The number of rotatable bonds is 8. The number of nitrogens with zero attached hydrogens (tertiary/aromatic N) is 4. The number of allylic oxidation sites excluding steroid dienone is 1. The van der Waals surface area contributed by atoms with Crippen molar-refractivity contribution in [3.8, 4) is 11.3 Å². The van der Waals surface area contributed by atoms with Gasteiger partial charge in [-0.2, -0.15) is 0 Å². The minimum Gasteiger partial charge on any atom is -0.403 e. The molecule has 0 bridgehead atoms. The molecular weight excluding hydrogens is 430 g/mol. The largest absolute Gasteiger partial charge is 0.403 e. The molecule has 2 aromatic rings. The summed E-state index contributed by atoms with van der Waals surface area (Å²) >= 11 is 0. The molecule has 0 atom stereocenters. The Morgan fingerprint density at radius 3 is 2.74 bits per heavy atom. The Bertz CT molecular complexity index is 1050. The predicted molar refractivity (Wildman–Crippen MR) is 136 cm³/mol. The zero-order valence-electron chi connectivity index (χ0n) is 20.6. The molecule has 34 heavy (non-hydrogen) atoms. The molecule has 0 unspecified atom stereocenters. The first-order chi connectivity index (χ1) is 16.2. The molecule has 0 spiro atoms. The maximum atomic E-state index is 12.4. The first kappa shape index (κ1) is 25.2. The summed E-state index contributed by atoms with van der Waals surface area (Å²) in [7, 11) is 0. The number of carbonyl (C=O) groups excluding carboxylic acids is 1. The summed E-state index contributed by atoms with van der Waals surface area (Å²) in [5.41, 5.74) is 9.95. The molecule has 1 aromatic carbocycles. The molecule has 1 aliphatic heterocycles. The van der Waals surface area contributed by atoms with Gasteiger partial charge in [-0.05, 0) is 57.9 Å². The third-order valence-electron chi connectivity index (χ3n) is 5.23. The lowest BCUT2D eigenvalue weighted by molar-refractivity contribution is -0.111. The number of hydrogen-bond acceptors (Lipinski definition) is 7. The first-order valence-electron chi connectivity index (χ1n) is 11.5. The summed E-state index contributed by atoms with van der Waals surface area (Å²) in [5, 5.41) is 6.08. The van der Waals surface area contributed by atoms with Crippen LogP contribution in [0.4, 0.5) is 10.7 Å². The van der Waals surface area contributed by atoms with Crippen LogP contribution in [-0.2, 0) is 11.3 Å². The Morgan fingerprint density at radius 1 is 1.32 bits per heavy atom. The summed E-state index contributed by atoms with van der Waals surface area (Å²) in [6.45, 7) is 12.4. The number of carbonyl (C=O) groups is 1. The van der Waals surface area contributed by atoms with E-state index in [1.54, 1.807) is 17.3 Å². The van der Waals surface area contributed by atoms with Crippen molar-refractivity contribution in [2.24, 2.45) is 10.7 Å². The van der Waals surface area contributed by atoms with E-state index in [9.17, 15) is 4.79 Å².